The molecule has 3 N–H and O–H groups in total. The molecule has 0 aliphatic heterocycles. The van der Waals surface area contributed by atoms with Crippen LogP contribution in [-0.4, -0.2) is 18.5 Å². The van der Waals surface area contributed by atoms with Gasteiger partial charge in [-0.3, -0.25) is 4.79 Å². The molecule has 1 aliphatic carbocycles. The molecule has 1 aliphatic rings. The zero-order chi connectivity index (χ0) is 12.3. The maximum Gasteiger partial charge on any atom is 0.262 e. The summed E-state index contributed by atoms with van der Waals surface area (Å²) < 4.78 is 0. The Hall–Kier alpha value is -1.31. The highest BCUT2D eigenvalue weighted by Gasteiger charge is 2.27. The molecule has 0 spiro atoms. The van der Waals surface area contributed by atoms with E-state index >= 15 is 0 Å². The third-order valence-corrected chi connectivity index (χ3v) is 3.82. The van der Waals surface area contributed by atoms with E-state index in [1.54, 1.807) is 0 Å². The summed E-state index contributed by atoms with van der Waals surface area (Å²) in [7, 11) is 0. The summed E-state index contributed by atoms with van der Waals surface area (Å²) >= 11 is 1.43. The normalized spacial score (nSPS) is 22.2. The van der Waals surface area contributed by atoms with Crippen molar-refractivity contribution in [3.63, 3.8) is 0 Å². The summed E-state index contributed by atoms with van der Waals surface area (Å²) in [5.41, 5.74) is 6.11. The molecule has 3 nitrogen and oxygen atoms in total. The molecule has 0 bridgehead atoms. The van der Waals surface area contributed by atoms with Crippen LogP contribution in [0, 0.1) is 17.8 Å². The first kappa shape index (κ1) is 12.2. The zero-order valence-corrected chi connectivity index (χ0v) is 10.6. The Kier molecular flexibility index (Phi) is 3.82. The van der Waals surface area contributed by atoms with E-state index < -0.39 is 0 Å². The summed E-state index contributed by atoms with van der Waals surface area (Å²) in [6, 6.07) is 2.21. The number of thiophene rings is 1. The van der Waals surface area contributed by atoms with Gasteiger partial charge in [-0.05, 0) is 30.2 Å². The van der Waals surface area contributed by atoms with Crippen LogP contribution in [0.1, 0.15) is 35.0 Å². The van der Waals surface area contributed by atoms with Crippen molar-refractivity contribution in [2.75, 3.05) is 6.54 Å². The van der Waals surface area contributed by atoms with Crippen molar-refractivity contribution in [2.24, 2.45) is 11.7 Å². The van der Waals surface area contributed by atoms with E-state index in [1.165, 1.54) is 11.3 Å². The molecule has 0 atom stereocenters. The zero-order valence-electron chi connectivity index (χ0n) is 9.82. The molecular formula is C13H16N2OS. The first-order chi connectivity index (χ1) is 8.20. The SMILES string of the molecule is CC1CC(NC(=O)c2sccc2C#CCN)C1. The lowest BCUT2D eigenvalue weighted by Gasteiger charge is -2.33. The number of nitrogens with two attached hydrogens (primary N) is 1. The number of hydrogen-bond acceptors (Lipinski definition) is 3. The number of rotatable bonds is 2. The highest BCUT2D eigenvalue weighted by atomic mass is 32.1. The fourth-order valence-electron chi connectivity index (χ4n) is 2.00. The average Bonchev–Trinajstić information content (AvgIpc) is 2.72. The van der Waals surface area contributed by atoms with Gasteiger partial charge in [0.15, 0.2) is 0 Å². The van der Waals surface area contributed by atoms with Gasteiger partial charge in [-0.15, -0.1) is 11.3 Å². The van der Waals surface area contributed by atoms with Gasteiger partial charge in [-0.2, -0.15) is 0 Å². The number of carbonyl (C=O) groups excluding carboxylic acids is 1. The van der Waals surface area contributed by atoms with Crippen LogP contribution in [0.2, 0.25) is 0 Å². The molecule has 1 saturated carbocycles. The summed E-state index contributed by atoms with van der Waals surface area (Å²) in [5, 5.41) is 4.93. The monoisotopic (exact) mass is 248 g/mol. The maximum atomic E-state index is 12.0. The van der Waals surface area contributed by atoms with E-state index in [2.05, 4.69) is 24.1 Å². The lowest BCUT2D eigenvalue weighted by atomic mass is 9.82. The van der Waals surface area contributed by atoms with Gasteiger partial charge in [-0.25, -0.2) is 0 Å². The van der Waals surface area contributed by atoms with Gasteiger partial charge in [0, 0.05) is 11.6 Å². The number of amides is 1. The molecule has 1 heterocycles. The minimum atomic E-state index is -0.00165. The Morgan fingerprint density at radius 3 is 3.06 bits per heavy atom. The van der Waals surface area contributed by atoms with Crippen molar-refractivity contribution < 1.29 is 4.79 Å². The molecule has 0 radical (unpaired) electrons. The fourth-order valence-corrected chi connectivity index (χ4v) is 2.75. The van der Waals surface area contributed by atoms with Crippen LogP contribution in [0.25, 0.3) is 0 Å². The van der Waals surface area contributed by atoms with Gasteiger partial charge in [0.25, 0.3) is 5.91 Å². The van der Waals surface area contributed by atoms with Crippen LogP contribution < -0.4 is 11.1 Å². The van der Waals surface area contributed by atoms with E-state index in [9.17, 15) is 4.79 Å². The Bertz CT molecular complexity index is 463. The van der Waals surface area contributed by atoms with Gasteiger partial charge in [0.05, 0.1) is 6.54 Å². The predicted molar refractivity (Wildman–Crippen MR) is 69.9 cm³/mol. The van der Waals surface area contributed by atoms with E-state index in [4.69, 9.17) is 5.73 Å². The van der Waals surface area contributed by atoms with Crippen LogP contribution in [0.5, 0.6) is 0 Å². The molecule has 90 valence electrons. The van der Waals surface area contributed by atoms with Crippen molar-refractivity contribution in [3.8, 4) is 11.8 Å². The quantitative estimate of drug-likeness (QED) is 0.781. The first-order valence-corrected chi connectivity index (χ1v) is 6.66. The Balaban J connectivity index is 2.01. The van der Waals surface area contributed by atoms with Crippen molar-refractivity contribution in [2.45, 2.75) is 25.8 Å². The third kappa shape index (κ3) is 2.87. The summed E-state index contributed by atoms with van der Waals surface area (Å²) in [5.74, 6) is 6.44. The Labute approximate surface area is 105 Å². The standard InChI is InChI=1S/C13H16N2OS/c1-9-7-11(8-9)15-13(16)12-10(3-2-5-14)4-6-17-12/h4,6,9,11H,5,7-8,14H2,1H3,(H,15,16). The summed E-state index contributed by atoms with van der Waals surface area (Å²) in [6.45, 7) is 2.52. The highest BCUT2D eigenvalue weighted by Crippen LogP contribution is 2.27. The molecule has 0 saturated heterocycles. The average molecular weight is 248 g/mol. The fraction of sp³-hybridized carbons (Fsp3) is 0.462. The van der Waals surface area contributed by atoms with Crippen molar-refractivity contribution >= 4 is 17.2 Å². The van der Waals surface area contributed by atoms with Crippen LogP contribution in [0.4, 0.5) is 0 Å². The second kappa shape index (κ2) is 5.35. The van der Waals surface area contributed by atoms with Gasteiger partial charge in [0.2, 0.25) is 0 Å². The highest BCUT2D eigenvalue weighted by molar-refractivity contribution is 7.12. The second-order valence-corrected chi connectivity index (χ2v) is 5.33. The minimum Gasteiger partial charge on any atom is -0.349 e. The Morgan fingerprint density at radius 1 is 1.65 bits per heavy atom. The van der Waals surface area contributed by atoms with Gasteiger partial charge in [0.1, 0.15) is 4.88 Å². The number of nitrogens with one attached hydrogen (secondary N) is 1. The van der Waals surface area contributed by atoms with E-state index in [0.717, 1.165) is 24.3 Å². The molecular weight excluding hydrogens is 232 g/mol. The lowest BCUT2D eigenvalue weighted by Crippen LogP contribution is -2.43. The largest absolute Gasteiger partial charge is 0.349 e. The summed E-state index contributed by atoms with van der Waals surface area (Å²) in [4.78, 5) is 12.7. The van der Waals surface area contributed by atoms with Gasteiger partial charge < -0.3 is 11.1 Å². The van der Waals surface area contributed by atoms with Crippen molar-refractivity contribution in [1.29, 1.82) is 0 Å². The van der Waals surface area contributed by atoms with Crippen molar-refractivity contribution in [3.05, 3.63) is 21.9 Å². The van der Waals surface area contributed by atoms with Crippen LogP contribution in [-0.2, 0) is 0 Å². The second-order valence-electron chi connectivity index (χ2n) is 4.42. The molecule has 4 heteroatoms. The Morgan fingerprint density at radius 2 is 2.41 bits per heavy atom. The molecule has 2 rings (SSSR count). The molecule has 1 fully saturated rings. The van der Waals surface area contributed by atoms with Crippen LogP contribution in [0.15, 0.2) is 11.4 Å². The van der Waals surface area contributed by atoms with E-state index in [1.807, 2.05) is 11.4 Å². The minimum absolute atomic E-state index is 0.00165. The van der Waals surface area contributed by atoms with Crippen molar-refractivity contribution in [1.82, 2.24) is 5.32 Å². The molecule has 1 aromatic rings. The van der Waals surface area contributed by atoms with Gasteiger partial charge in [-0.1, -0.05) is 18.8 Å². The lowest BCUT2D eigenvalue weighted by molar-refractivity contribution is 0.0900. The van der Waals surface area contributed by atoms with Crippen LogP contribution >= 0.6 is 11.3 Å². The molecule has 17 heavy (non-hydrogen) atoms. The smallest absolute Gasteiger partial charge is 0.262 e. The van der Waals surface area contributed by atoms with E-state index in [0.29, 0.717) is 17.5 Å². The number of carbonyl (C=O) groups is 1. The van der Waals surface area contributed by atoms with Crippen LogP contribution in [0.3, 0.4) is 0 Å². The number of hydrogen-bond donors (Lipinski definition) is 2. The third-order valence-electron chi connectivity index (χ3n) is 2.91. The van der Waals surface area contributed by atoms with Gasteiger partial charge >= 0.3 is 0 Å². The maximum absolute atomic E-state index is 12.0. The topological polar surface area (TPSA) is 55.1 Å². The summed E-state index contributed by atoms with van der Waals surface area (Å²) in [6.07, 6.45) is 2.17. The molecule has 0 aromatic carbocycles. The molecule has 1 aromatic heterocycles. The predicted octanol–water partition coefficient (Wildman–Crippen LogP) is 1.59. The van der Waals surface area contributed by atoms with E-state index in [-0.39, 0.29) is 5.91 Å². The first-order valence-electron chi connectivity index (χ1n) is 5.78. The molecule has 1 amide bonds. The molecule has 0 unspecified atom stereocenters.